The summed E-state index contributed by atoms with van der Waals surface area (Å²) in [6, 6.07) is 0.0254. The SMILES string of the molecule is CCS(=O)(=O)N(C)CC(=O)NCCC(C)N. The summed E-state index contributed by atoms with van der Waals surface area (Å²) in [7, 11) is -1.89. The predicted octanol–water partition coefficient (Wildman–Crippen LogP) is -0.879. The Morgan fingerprint density at radius 3 is 2.50 bits per heavy atom. The molecule has 0 spiro atoms. The molecule has 0 bridgehead atoms. The van der Waals surface area contributed by atoms with Crippen molar-refractivity contribution in [3.63, 3.8) is 0 Å². The molecule has 1 unspecified atom stereocenters. The molecule has 16 heavy (non-hydrogen) atoms. The Hall–Kier alpha value is -0.660. The molecule has 1 amide bonds. The van der Waals surface area contributed by atoms with Crippen LogP contribution in [0.25, 0.3) is 0 Å². The molecule has 0 fully saturated rings. The Labute approximate surface area is 97.2 Å². The minimum absolute atomic E-state index is 0.00336. The smallest absolute Gasteiger partial charge is 0.235 e. The topological polar surface area (TPSA) is 92.5 Å². The van der Waals surface area contributed by atoms with Gasteiger partial charge in [-0.3, -0.25) is 4.79 Å². The van der Waals surface area contributed by atoms with Gasteiger partial charge in [0, 0.05) is 19.6 Å². The van der Waals surface area contributed by atoms with Crippen molar-refractivity contribution in [1.82, 2.24) is 9.62 Å². The molecule has 7 heteroatoms. The lowest BCUT2D eigenvalue weighted by Crippen LogP contribution is -2.40. The van der Waals surface area contributed by atoms with Crippen molar-refractivity contribution in [3.05, 3.63) is 0 Å². The molecular weight excluding hydrogens is 230 g/mol. The Kier molecular flexibility index (Phi) is 6.54. The van der Waals surface area contributed by atoms with Crippen LogP contribution in [-0.2, 0) is 14.8 Å². The van der Waals surface area contributed by atoms with Crippen molar-refractivity contribution in [2.45, 2.75) is 26.3 Å². The molecule has 0 aliphatic rings. The molecule has 0 aromatic rings. The van der Waals surface area contributed by atoms with E-state index >= 15 is 0 Å². The molecule has 0 aromatic heterocycles. The Morgan fingerprint density at radius 2 is 2.06 bits per heavy atom. The van der Waals surface area contributed by atoms with Crippen LogP contribution in [0.3, 0.4) is 0 Å². The molecule has 1 atom stereocenters. The maximum absolute atomic E-state index is 11.3. The molecule has 3 N–H and O–H groups in total. The second-order valence-corrected chi connectivity index (χ2v) is 6.14. The van der Waals surface area contributed by atoms with Crippen molar-refractivity contribution in [1.29, 1.82) is 0 Å². The van der Waals surface area contributed by atoms with Gasteiger partial charge in [0.1, 0.15) is 0 Å². The highest BCUT2D eigenvalue weighted by Crippen LogP contribution is 1.96. The van der Waals surface area contributed by atoms with Crippen LogP contribution in [0, 0.1) is 0 Å². The molecule has 0 rings (SSSR count). The van der Waals surface area contributed by atoms with E-state index in [2.05, 4.69) is 5.32 Å². The molecule has 0 aliphatic carbocycles. The van der Waals surface area contributed by atoms with Crippen LogP contribution in [0.4, 0.5) is 0 Å². The van der Waals surface area contributed by atoms with Crippen molar-refractivity contribution in [2.75, 3.05) is 25.9 Å². The zero-order valence-corrected chi connectivity index (χ0v) is 10.9. The number of hydrogen-bond acceptors (Lipinski definition) is 4. The van der Waals surface area contributed by atoms with Crippen molar-refractivity contribution in [2.24, 2.45) is 5.73 Å². The number of nitrogens with zero attached hydrogens (tertiary/aromatic N) is 1. The highest BCUT2D eigenvalue weighted by Gasteiger charge is 2.17. The van der Waals surface area contributed by atoms with Gasteiger partial charge in [0.2, 0.25) is 15.9 Å². The zero-order chi connectivity index (χ0) is 12.8. The quantitative estimate of drug-likeness (QED) is 0.614. The van der Waals surface area contributed by atoms with Crippen molar-refractivity contribution < 1.29 is 13.2 Å². The summed E-state index contributed by atoms with van der Waals surface area (Å²) in [6.45, 7) is 3.71. The highest BCUT2D eigenvalue weighted by molar-refractivity contribution is 7.89. The van der Waals surface area contributed by atoms with Crippen LogP contribution in [-0.4, -0.2) is 50.6 Å². The van der Waals surface area contributed by atoms with Gasteiger partial charge in [0.25, 0.3) is 0 Å². The van der Waals surface area contributed by atoms with E-state index in [4.69, 9.17) is 5.73 Å². The lowest BCUT2D eigenvalue weighted by Gasteiger charge is -2.15. The number of likely N-dealkylation sites (N-methyl/N-ethyl adjacent to an activating group) is 1. The van der Waals surface area contributed by atoms with Gasteiger partial charge in [-0.15, -0.1) is 0 Å². The fraction of sp³-hybridized carbons (Fsp3) is 0.889. The largest absolute Gasteiger partial charge is 0.355 e. The van der Waals surface area contributed by atoms with Crippen LogP contribution in [0.15, 0.2) is 0 Å². The molecule has 6 nitrogen and oxygen atoms in total. The number of nitrogens with two attached hydrogens (primary N) is 1. The predicted molar refractivity (Wildman–Crippen MR) is 63.4 cm³/mol. The molecule has 0 saturated carbocycles. The van der Waals surface area contributed by atoms with Gasteiger partial charge in [0.15, 0.2) is 0 Å². The van der Waals surface area contributed by atoms with E-state index in [1.807, 2.05) is 6.92 Å². The monoisotopic (exact) mass is 251 g/mol. The Bertz CT molecular complexity index is 314. The minimum atomic E-state index is -3.29. The molecule has 0 aliphatic heterocycles. The number of hydrogen-bond donors (Lipinski definition) is 2. The van der Waals surface area contributed by atoms with Crippen molar-refractivity contribution >= 4 is 15.9 Å². The minimum Gasteiger partial charge on any atom is -0.355 e. The van der Waals surface area contributed by atoms with Gasteiger partial charge in [-0.05, 0) is 20.3 Å². The van der Waals surface area contributed by atoms with Gasteiger partial charge >= 0.3 is 0 Å². The fourth-order valence-electron chi connectivity index (χ4n) is 1.02. The lowest BCUT2D eigenvalue weighted by molar-refractivity contribution is -0.121. The van der Waals surface area contributed by atoms with E-state index in [-0.39, 0.29) is 24.2 Å². The van der Waals surface area contributed by atoms with E-state index in [0.717, 1.165) is 4.31 Å². The maximum Gasteiger partial charge on any atom is 0.235 e. The van der Waals surface area contributed by atoms with E-state index in [1.165, 1.54) is 7.05 Å². The highest BCUT2D eigenvalue weighted by atomic mass is 32.2. The average Bonchev–Trinajstić information content (AvgIpc) is 2.16. The second kappa shape index (κ2) is 6.82. The summed E-state index contributed by atoms with van der Waals surface area (Å²) < 4.78 is 23.7. The average molecular weight is 251 g/mol. The third kappa shape index (κ3) is 6.04. The summed E-state index contributed by atoms with van der Waals surface area (Å²) in [4.78, 5) is 11.3. The molecule has 0 radical (unpaired) electrons. The number of rotatable bonds is 7. The molecule has 0 saturated heterocycles. The summed E-state index contributed by atoms with van der Waals surface area (Å²) in [5.41, 5.74) is 5.51. The Balaban J connectivity index is 3.97. The standard InChI is InChI=1S/C9H21N3O3S/c1-4-16(14,15)12(3)7-9(13)11-6-5-8(2)10/h8H,4-7,10H2,1-3H3,(H,11,13). The van der Waals surface area contributed by atoms with Gasteiger partial charge in [0.05, 0.1) is 12.3 Å². The van der Waals surface area contributed by atoms with E-state index in [9.17, 15) is 13.2 Å². The maximum atomic E-state index is 11.3. The molecule has 0 aromatic carbocycles. The van der Waals surface area contributed by atoms with Gasteiger partial charge in [-0.1, -0.05) is 0 Å². The second-order valence-electron chi connectivity index (χ2n) is 3.77. The molecule has 96 valence electrons. The third-order valence-corrected chi connectivity index (χ3v) is 3.94. The van der Waals surface area contributed by atoms with Crippen LogP contribution in [0.1, 0.15) is 20.3 Å². The first-order valence-corrected chi connectivity index (χ1v) is 6.86. The number of nitrogens with one attached hydrogen (secondary N) is 1. The fourth-order valence-corrected chi connectivity index (χ4v) is 1.77. The molecular formula is C9H21N3O3S. The summed E-state index contributed by atoms with van der Waals surface area (Å²) in [5.74, 6) is -0.309. The number of amides is 1. The van der Waals surface area contributed by atoms with Gasteiger partial charge in [-0.25, -0.2) is 8.42 Å². The number of carbonyl (C=O) groups excluding carboxylic acids is 1. The first kappa shape index (κ1) is 15.3. The van der Waals surface area contributed by atoms with E-state index < -0.39 is 10.0 Å². The first-order valence-electron chi connectivity index (χ1n) is 5.26. The van der Waals surface area contributed by atoms with E-state index in [1.54, 1.807) is 6.92 Å². The summed E-state index contributed by atoms with van der Waals surface area (Å²) >= 11 is 0. The normalized spacial score (nSPS) is 13.8. The number of sulfonamides is 1. The van der Waals surface area contributed by atoms with Gasteiger partial charge < -0.3 is 11.1 Å². The third-order valence-electron chi connectivity index (χ3n) is 2.13. The van der Waals surface area contributed by atoms with Crippen LogP contribution < -0.4 is 11.1 Å². The molecule has 0 heterocycles. The lowest BCUT2D eigenvalue weighted by atomic mass is 10.2. The zero-order valence-electron chi connectivity index (χ0n) is 10.1. The van der Waals surface area contributed by atoms with Crippen LogP contribution in [0.2, 0.25) is 0 Å². The number of carbonyl (C=O) groups is 1. The van der Waals surface area contributed by atoms with Crippen molar-refractivity contribution in [3.8, 4) is 0 Å². The summed E-state index contributed by atoms with van der Waals surface area (Å²) in [6.07, 6.45) is 0.677. The summed E-state index contributed by atoms with van der Waals surface area (Å²) in [5, 5.41) is 2.62. The van der Waals surface area contributed by atoms with Gasteiger partial charge in [-0.2, -0.15) is 4.31 Å². The van der Waals surface area contributed by atoms with Crippen LogP contribution >= 0.6 is 0 Å². The van der Waals surface area contributed by atoms with E-state index in [0.29, 0.717) is 13.0 Å². The first-order chi connectivity index (χ1) is 7.29. The Morgan fingerprint density at radius 1 is 1.50 bits per heavy atom. The van der Waals surface area contributed by atoms with Crippen LogP contribution in [0.5, 0.6) is 0 Å².